The van der Waals surface area contributed by atoms with Gasteiger partial charge in [0.2, 0.25) is 0 Å². The van der Waals surface area contributed by atoms with Crippen molar-refractivity contribution in [3.8, 4) is 0 Å². The van der Waals surface area contributed by atoms with Crippen LogP contribution in [0.3, 0.4) is 0 Å². The van der Waals surface area contributed by atoms with E-state index in [0.29, 0.717) is 17.9 Å². The van der Waals surface area contributed by atoms with Gasteiger partial charge in [0.25, 0.3) is 17.0 Å². The largest absolute Gasteiger partial charge is 0.456 e. The number of benzene rings is 2. The van der Waals surface area contributed by atoms with Crippen LogP contribution in [-0.2, 0) is 17.3 Å². The lowest BCUT2D eigenvalue weighted by molar-refractivity contribution is 0.0995. The van der Waals surface area contributed by atoms with Crippen molar-refractivity contribution in [1.29, 1.82) is 0 Å². The fraction of sp³-hybridized carbons (Fsp3) is 0.345. The number of anilines is 1. The molecule has 4 aromatic rings. The average molecular weight is 486 g/mol. The van der Waals surface area contributed by atoms with Gasteiger partial charge in [0.05, 0.1) is 10.8 Å². The molecule has 0 fully saturated rings. The molecule has 7 nitrogen and oxygen atoms in total. The molecule has 0 radical (unpaired) electrons. The van der Waals surface area contributed by atoms with Crippen LogP contribution < -0.4 is 16.4 Å². The Morgan fingerprint density at radius 3 is 2.22 bits per heavy atom. The molecule has 1 aliphatic carbocycles. The van der Waals surface area contributed by atoms with Crippen LogP contribution in [0.4, 0.5) is 5.69 Å². The van der Waals surface area contributed by atoms with Gasteiger partial charge in [0.1, 0.15) is 5.76 Å². The molecule has 0 spiro atoms. The van der Waals surface area contributed by atoms with Crippen molar-refractivity contribution in [3.63, 3.8) is 0 Å². The zero-order valence-corrected chi connectivity index (χ0v) is 21.3. The van der Waals surface area contributed by atoms with Gasteiger partial charge in [-0.05, 0) is 83.2 Å². The molecule has 0 aliphatic heterocycles. The zero-order chi connectivity index (χ0) is 25.8. The fourth-order valence-electron chi connectivity index (χ4n) is 5.19. The first-order chi connectivity index (χ1) is 16.9. The Kier molecular flexibility index (Phi) is 5.54. The Labute approximate surface area is 208 Å². The van der Waals surface area contributed by atoms with Crippen LogP contribution in [0.5, 0.6) is 0 Å². The highest BCUT2D eigenvalue weighted by Gasteiger charge is 2.37. The van der Waals surface area contributed by atoms with Crippen molar-refractivity contribution in [1.82, 2.24) is 10.2 Å². The minimum atomic E-state index is -0.437. The first-order valence-electron chi connectivity index (χ1n) is 12.2. The third-order valence-electron chi connectivity index (χ3n) is 7.62. The lowest BCUT2D eigenvalue weighted by Crippen LogP contribution is -2.34. The van der Waals surface area contributed by atoms with Crippen molar-refractivity contribution < 1.29 is 9.21 Å². The predicted octanol–water partition coefficient (Wildman–Crippen LogP) is 5.31. The molecule has 1 aliphatic rings. The summed E-state index contributed by atoms with van der Waals surface area (Å²) in [6.07, 6.45) is 2.91. The van der Waals surface area contributed by atoms with Gasteiger partial charge in [-0.2, -0.15) is 0 Å². The first kappa shape index (κ1) is 23.9. The molecule has 0 unspecified atom stereocenters. The standard InChI is InChI=1S/C29H31N3O4/c1-16-12-22-23(29(4,5)11-10-28(22,2)3)14-17(16)13-19-7-9-24(36-19)27(35)30-18-6-8-20-21(15-18)26(34)32-31-25(20)33/h6-9,12,14-15H,10-11,13H2,1-5H3,(H,30,35)(H,31,33)(H,32,34). The van der Waals surface area contributed by atoms with Crippen LogP contribution in [0.15, 0.2) is 56.5 Å². The van der Waals surface area contributed by atoms with Gasteiger partial charge in [-0.15, -0.1) is 0 Å². The monoisotopic (exact) mass is 485 g/mol. The maximum absolute atomic E-state index is 12.8. The van der Waals surface area contributed by atoms with Gasteiger partial charge < -0.3 is 9.73 Å². The summed E-state index contributed by atoms with van der Waals surface area (Å²) in [6, 6.07) is 12.7. The van der Waals surface area contributed by atoms with Crippen molar-refractivity contribution >= 4 is 22.4 Å². The summed E-state index contributed by atoms with van der Waals surface area (Å²) < 4.78 is 5.91. The highest BCUT2D eigenvalue weighted by atomic mass is 16.3. The second-order valence-electron chi connectivity index (χ2n) is 11.2. The van der Waals surface area contributed by atoms with Crippen LogP contribution in [0, 0.1) is 6.92 Å². The second kappa shape index (κ2) is 8.36. The third-order valence-corrected chi connectivity index (χ3v) is 7.62. The molecule has 2 aromatic carbocycles. The molecular weight excluding hydrogens is 454 g/mol. The topological polar surface area (TPSA) is 108 Å². The Bertz CT molecular complexity index is 1620. The van der Waals surface area contributed by atoms with Crippen LogP contribution in [0.2, 0.25) is 0 Å². The van der Waals surface area contributed by atoms with Crippen molar-refractivity contribution in [3.05, 3.63) is 96.9 Å². The normalized spacial score (nSPS) is 16.0. The zero-order valence-electron chi connectivity index (χ0n) is 21.3. The number of aryl methyl sites for hydroxylation is 1. The van der Waals surface area contributed by atoms with E-state index in [1.165, 1.54) is 40.8 Å². The van der Waals surface area contributed by atoms with E-state index in [9.17, 15) is 14.4 Å². The Hall–Kier alpha value is -3.87. The molecule has 0 bridgehead atoms. The van der Waals surface area contributed by atoms with E-state index < -0.39 is 17.0 Å². The first-order valence-corrected chi connectivity index (χ1v) is 12.2. The molecule has 0 atom stereocenters. The number of carbonyl (C=O) groups is 1. The number of aromatic nitrogens is 2. The van der Waals surface area contributed by atoms with Crippen LogP contribution in [0.25, 0.3) is 10.8 Å². The van der Waals surface area contributed by atoms with Crippen LogP contribution in [-0.4, -0.2) is 16.1 Å². The highest BCUT2D eigenvalue weighted by molar-refractivity contribution is 6.03. The summed E-state index contributed by atoms with van der Waals surface area (Å²) in [5.41, 5.74) is 5.08. The average Bonchev–Trinajstić information content (AvgIpc) is 3.29. The number of hydrogen-bond acceptors (Lipinski definition) is 4. The number of carbonyl (C=O) groups excluding carboxylic acids is 1. The maximum Gasteiger partial charge on any atom is 0.291 e. The molecular formula is C29H31N3O4. The van der Waals surface area contributed by atoms with Crippen LogP contribution >= 0.6 is 0 Å². The number of hydrogen-bond donors (Lipinski definition) is 3. The molecule has 186 valence electrons. The molecule has 7 heteroatoms. The van der Waals surface area contributed by atoms with E-state index in [-0.39, 0.29) is 27.4 Å². The van der Waals surface area contributed by atoms with Crippen molar-refractivity contribution in [2.24, 2.45) is 0 Å². The number of fused-ring (bicyclic) bond motifs is 2. The molecule has 2 aromatic heterocycles. The Balaban J connectivity index is 1.38. The number of furan rings is 1. The summed E-state index contributed by atoms with van der Waals surface area (Å²) in [5, 5.41) is 7.78. The Morgan fingerprint density at radius 1 is 0.889 bits per heavy atom. The van der Waals surface area contributed by atoms with Crippen molar-refractivity contribution in [2.45, 2.75) is 64.7 Å². The van der Waals surface area contributed by atoms with E-state index in [0.717, 1.165) is 6.42 Å². The molecule has 3 N–H and O–H groups in total. The Morgan fingerprint density at radius 2 is 1.53 bits per heavy atom. The van der Waals surface area contributed by atoms with E-state index in [1.54, 1.807) is 12.1 Å². The minimum Gasteiger partial charge on any atom is -0.456 e. The van der Waals surface area contributed by atoms with Gasteiger partial charge in [-0.3, -0.25) is 24.6 Å². The second-order valence-corrected chi connectivity index (χ2v) is 11.2. The smallest absolute Gasteiger partial charge is 0.291 e. The minimum absolute atomic E-state index is 0.119. The van der Waals surface area contributed by atoms with Gasteiger partial charge in [-0.1, -0.05) is 39.8 Å². The van der Waals surface area contributed by atoms with Crippen molar-refractivity contribution in [2.75, 3.05) is 5.32 Å². The summed E-state index contributed by atoms with van der Waals surface area (Å²) in [7, 11) is 0. The third kappa shape index (κ3) is 4.19. The summed E-state index contributed by atoms with van der Waals surface area (Å²) in [6.45, 7) is 11.4. The summed E-state index contributed by atoms with van der Waals surface area (Å²) in [4.78, 5) is 36.8. The van der Waals surface area contributed by atoms with Gasteiger partial charge in [0.15, 0.2) is 5.76 Å². The van der Waals surface area contributed by atoms with E-state index >= 15 is 0 Å². The number of H-pyrrole nitrogens is 2. The fourth-order valence-corrected chi connectivity index (χ4v) is 5.19. The predicted molar refractivity (Wildman–Crippen MR) is 141 cm³/mol. The summed E-state index contributed by atoms with van der Waals surface area (Å²) in [5.74, 6) is 0.464. The van der Waals surface area contributed by atoms with Gasteiger partial charge in [0, 0.05) is 12.1 Å². The highest BCUT2D eigenvalue weighted by Crippen LogP contribution is 2.46. The number of amides is 1. The number of rotatable bonds is 4. The molecule has 1 amide bonds. The number of aromatic amines is 2. The lowest BCUT2D eigenvalue weighted by Gasteiger charge is -2.42. The van der Waals surface area contributed by atoms with Gasteiger partial charge >= 0.3 is 0 Å². The summed E-state index contributed by atoms with van der Waals surface area (Å²) >= 11 is 0. The quantitative estimate of drug-likeness (QED) is 0.364. The maximum atomic E-state index is 12.8. The molecule has 2 heterocycles. The van der Waals surface area contributed by atoms with E-state index in [2.05, 4.69) is 62.3 Å². The SMILES string of the molecule is Cc1cc2c(cc1Cc1ccc(C(=O)Nc3ccc4c(=O)[nH][nH]c(=O)c4c3)o1)C(C)(C)CCC2(C)C. The van der Waals surface area contributed by atoms with Gasteiger partial charge in [-0.25, -0.2) is 0 Å². The molecule has 0 saturated carbocycles. The van der Waals surface area contributed by atoms with E-state index in [1.807, 2.05) is 6.07 Å². The lowest BCUT2D eigenvalue weighted by atomic mass is 9.62. The number of nitrogens with one attached hydrogen (secondary N) is 3. The molecule has 36 heavy (non-hydrogen) atoms. The molecule has 0 saturated heterocycles. The van der Waals surface area contributed by atoms with E-state index in [4.69, 9.17) is 4.42 Å². The van der Waals surface area contributed by atoms with Crippen LogP contribution in [0.1, 0.15) is 79.1 Å². The molecule has 5 rings (SSSR count).